The van der Waals surface area contributed by atoms with Crippen molar-refractivity contribution in [3.8, 4) is 11.5 Å². The first-order chi connectivity index (χ1) is 26.9. The van der Waals surface area contributed by atoms with Gasteiger partial charge >= 0.3 is 66.7 Å². The smallest absolute Gasteiger partial charge is 0.426 e. The molecule has 0 aliphatic carbocycles. The van der Waals surface area contributed by atoms with Crippen LogP contribution in [-0.4, -0.2) is 79.0 Å². The maximum Gasteiger partial charge on any atom is 0.453 e. The summed E-state index contributed by atoms with van der Waals surface area (Å²) in [6, 6.07) is 2.88. The van der Waals surface area contributed by atoms with E-state index in [0.717, 1.165) is 6.92 Å². The molecule has 7 nitrogen and oxygen atoms in total. The highest BCUT2D eigenvalue weighted by molar-refractivity contribution is 5.81. The number of hydrogen-bond donors (Lipinski definition) is 0. The molecule has 0 heterocycles. The van der Waals surface area contributed by atoms with Gasteiger partial charge in [0.05, 0.1) is 5.41 Å². The summed E-state index contributed by atoms with van der Waals surface area (Å²) in [7, 11) is 0. The molecule has 0 spiro atoms. The maximum atomic E-state index is 14.6. The van der Waals surface area contributed by atoms with Crippen LogP contribution in [0.4, 0.5) is 92.2 Å². The summed E-state index contributed by atoms with van der Waals surface area (Å²) in [4.78, 5) is 24.9. The van der Waals surface area contributed by atoms with E-state index in [1.54, 1.807) is 0 Å². The summed E-state index contributed by atoms with van der Waals surface area (Å²) in [5.41, 5.74) is -20.1. The van der Waals surface area contributed by atoms with Crippen LogP contribution in [0.1, 0.15) is 52.2 Å². The Morgan fingerprint density at radius 3 is 1.13 bits per heavy atom. The van der Waals surface area contributed by atoms with Gasteiger partial charge in [0, 0.05) is 0 Å². The lowest BCUT2D eigenvalue weighted by Gasteiger charge is -2.38. The molecular weight excluding hydrogens is 907 g/mol. The lowest BCUT2D eigenvalue weighted by molar-refractivity contribution is -0.545. The average Bonchev–Trinajstić information content (AvgIpc) is 3.04. The van der Waals surface area contributed by atoms with Crippen molar-refractivity contribution in [2.75, 3.05) is 6.61 Å². The van der Waals surface area contributed by atoms with Crippen molar-refractivity contribution in [3.05, 3.63) is 59.7 Å². The molecule has 0 amide bonds. The van der Waals surface area contributed by atoms with Crippen LogP contribution in [0.3, 0.4) is 0 Å². The van der Waals surface area contributed by atoms with Crippen molar-refractivity contribution in [3.63, 3.8) is 0 Å². The number of esters is 2. The molecule has 0 aromatic heterocycles. The molecule has 2 aromatic rings. The molecule has 61 heavy (non-hydrogen) atoms. The number of benzene rings is 2. The first kappa shape index (κ1) is 52.9. The normalized spacial score (nSPS) is 15.6. The SMILES string of the molecule is CCC(C)(OCC(F)(F)OC(F)(F)C(F)(F)OC(F)(F)C(F)(C(F)(F)F)C(F)(F)F)C(=O)Oc1ccc(C(c2ccc(OC(=O)C(C)(C)C)cc2)(C(F)(F)F)C(F)(F)F)cc1. The Balaban J connectivity index is 2.38. The minimum Gasteiger partial charge on any atom is -0.426 e. The van der Waals surface area contributed by atoms with Gasteiger partial charge in [-0.3, -0.25) is 4.79 Å². The number of halogens is 21. The van der Waals surface area contributed by atoms with Gasteiger partial charge < -0.3 is 14.2 Å². The molecule has 2 aromatic carbocycles. The standard InChI is InChI=1S/C33H27F21O7/c1-6-23(5,57-15-24(34,35)60-32(51,52)33(53,54)61-31(49,50)26(36,29(43,44)45)30(46,47)48)21(56)59-19-13-9-17(10-14-19)25(27(37,38)39,28(40,41)42)16-7-11-18(12-8-16)58-20(55)22(2,3)4/h7-14H,6,15H2,1-5H3. The third-order valence-corrected chi connectivity index (χ3v) is 8.18. The fourth-order valence-corrected chi connectivity index (χ4v) is 4.61. The largest absolute Gasteiger partial charge is 0.453 e. The molecular formula is C33H27F21O7. The van der Waals surface area contributed by atoms with Gasteiger partial charge in [-0.25, -0.2) is 18.7 Å². The van der Waals surface area contributed by atoms with E-state index >= 15 is 0 Å². The average molecular weight is 935 g/mol. The molecule has 348 valence electrons. The van der Waals surface area contributed by atoms with E-state index < -0.39 is 119 Å². The van der Waals surface area contributed by atoms with Gasteiger partial charge in [0.1, 0.15) is 18.1 Å². The van der Waals surface area contributed by atoms with Gasteiger partial charge in [-0.1, -0.05) is 31.2 Å². The van der Waals surface area contributed by atoms with Crippen LogP contribution in [0.5, 0.6) is 11.5 Å². The molecule has 2 rings (SSSR count). The predicted octanol–water partition coefficient (Wildman–Crippen LogP) is 11.4. The summed E-state index contributed by atoms with van der Waals surface area (Å²) >= 11 is 0. The van der Waals surface area contributed by atoms with Gasteiger partial charge in [0.15, 0.2) is 5.60 Å². The zero-order valence-electron chi connectivity index (χ0n) is 30.8. The highest BCUT2D eigenvalue weighted by atomic mass is 19.4. The van der Waals surface area contributed by atoms with Crippen LogP contribution in [0, 0.1) is 5.41 Å². The summed E-state index contributed by atoms with van der Waals surface area (Å²) in [6.45, 7) is 2.64. The third kappa shape index (κ3) is 10.5. The quantitative estimate of drug-likeness (QED) is 0.1000. The van der Waals surface area contributed by atoms with Gasteiger partial charge in [-0.15, -0.1) is 0 Å². The van der Waals surface area contributed by atoms with Gasteiger partial charge in [-0.2, -0.15) is 87.8 Å². The van der Waals surface area contributed by atoms with Crippen molar-refractivity contribution in [1.82, 2.24) is 0 Å². The minimum atomic E-state index is -8.14. The Morgan fingerprint density at radius 2 is 0.820 bits per heavy atom. The second-order valence-electron chi connectivity index (χ2n) is 13.7. The van der Waals surface area contributed by atoms with Crippen molar-refractivity contribution in [2.24, 2.45) is 5.41 Å². The summed E-state index contributed by atoms with van der Waals surface area (Å²) < 4.78 is 306. The lowest BCUT2D eigenvalue weighted by atomic mass is 9.73. The van der Waals surface area contributed by atoms with Gasteiger partial charge in [0.25, 0.3) is 0 Å². The van der Waals surface area contributed by atoms with Crippen LogP contribution in [0.15, 0.2) is 48.5 Å². The molecule has 0 radical (unpaired) electrons. The van der Waals surface area contributed by atoms with Gasteiger partial charge in [-0.05, 0) is 69.5 Å². The van der Waals surface area contributed by atoms with E-state index in [9.17, 15) is 102 Å². The van der Waals surface area contributed by atoms with Gasteiger partial charge in [0.2, 0.25) is 5.41 Å². The number of rotatable bonds is 15. The van der Waals surface area contributed by atoms with E-state index in [2.05, 4.69) is 9.47 Å². The van der Waals surface area contributed by atoms with Crippen molar-refractivity contribution in [2.45, 2.75) is 107 Å². The first-order valence-corrected chi connectivity index (χ1v) is 16.1. The molecule has 0 aliphatic heterocycles. The topological polar surface area (TPSA) is 80.3 Å². The maximum absolute atomic E-state index is 14.6. The highest BCUT2D eigenvalue weighted by Crippen LogP contribution is 2.58. The molecule has 0 saturated heterocycles. The Hall–Kier alpha value is -4.21. The predicted molar refractivity (Wildman–Crippen MR) is 159 cm³/mol. The number of carbonyl (C=O) groups excluding carboxylic acids is 2. The summed E-state index contributed by atoms with van der Waals surface area (Å²) in [5.74, 6) is -4.25. The summed E-state index contributed by atoms with van der Waals surface area (Å²) in [5, 5.41) is 0. The molecule has 0 aliphatic rings. The van der Waals surface area contributed by atoms with Crippen LogP contribution in [0.2, 0.25) is 0 Å². The Labute approximate surface area is 328 Å². The Kier molecular flexibility index (Phi) is 14.3. The minimum absolute atomic E-state index is 0.146. The van der Waals surface area contributed by atoms with E-state index in [0.29, 0.717) is 43.3 Å². The van der Waals surface area contributed by atoms with Crippen molar-refractivity contribution < 1.29 is 125 Å². The third-order valence-electron chi connectivity index (χ3n) is 8.18. The first-order valence-electron chi connectivity index (χ1n) is 16.1. The fourth-order valence-electron chi connectivity index (χ4n) is 4.61. The van der Waals surface area contributed by atoms with Crippen LogP contribution >= 0.6 is 0 Å². The number of alkyl halides is 21. The van der Waals surface area contributed by atoms with Crippen molar-refractivity contribution >= 4 is 11.9 Å². The molecule has 28 heteroatoms. The molecule has 0 N–H and O–H groups in total. The number of carbonyl (C=O) groups is 2. The molecule has 0 bridgehead atoms. The molecule has 1 unspecified atom stereocenters. The van der Waals surface area contributed by atoms with Crippen LogP contribution < -0.4 is 9.47 Å². The Morgan fingerprint density at radius 1 is 0.475 bits per heavy atom. The Bertz CT molecular complexity index is 1820. The lowest BCUT2D eigenvalue weighted by Crippen LogP contribution is -2.68. The van der Waals surface area contributed by atoms with Crippen LogP contribution in [-0.2, 0) is 29.2 Å². The fraction of sp³-hybridized carbons (Fsp3) is 0.576. The van der Waals surface area contributed by atoms with Crippen molar-refractivity contribution in [1.29, 1.82) is 0 Å². The zero-order valence-corrected chi connectivity index (χ0v) is 30.8. The van der Waals surface area contributed by atoms with Crippen LogP contribution in [0.25, 0.3) is 0 Å². The number of ether oxygens (including phenoxy) is 5. The second-order valence-corrected chi connectivity index (χ2v) is 13.7. The monoisotopic (exact) mass is 934 g/mol. The molecule has 1 atom stereocenters. The number of hydrogen-bond acceptors (Lipinski definition) is 7. The van der Waals surface area contributed by atoms with E-state index in [-0.39, 0.29) is 12.1 Å². The van der Waals surface area contributed by atoms with E-state index in [1.807, 2.05) is 0 Å². The van der Waals surface area contributed by atoms with E-state index in [1.165, 1.54) is 25.5 Å². The second kappa shape index (κ2) is 16.5. The molecule has 0 fully saturated rings. The summed E-state index contributed by atoms with van der Waals surface area (Å²) in [6.07, 6.45) is -58.1. The highest BCUT2D eigenvalue weighted by Gasteiger charge is 2.88. The van der Waals surface area contributed by atoms with E-state index in [4.69, 9.17) is 9.47 Å². The zero-order chi connectivity index (χ0) is 48.1. The molecule has 0 saturated carbocycles.